The summed E-state index contributed by atoms with van der Waals surface area (Å²) in [5.74, 6) is 0.594. The number of para-hydroxylation sites is 1. The van der Waals surface area contributed by atoms with Crippen molar-refractivity contribution in [3.05, 3.63) is 61.9 Å². The van der Waals surface area contributed by atoms with Crippen LogP contribution in [-0.4, -0.2) is 35.5 Å². The van der Waals surface area contributed by atoms with Crippen molar-refractivity contribution in [3.63, 3.8) is 0 Å². The van der Waals surface area contributed by atoms with Crippen molar-refractivity contribution in [2.45, 2.75) is 39.3 Å². The normalized spacial score (nSPS) is 12.6. The average molecular weight is 496 g/mol. The Labute approximate surface area is 206 Å². The molecule has 1 aliphatic rings. The number of fused-ring (bicyclic) bond motifs is 1. The van der Waals surface area contributed by atoms with Gasteiger partial charge in [-0.2, -0.15) is 5.26 Å². The molecular formula is C24H25N5O3S2. The van der Waals surface area contributed by atoms with Gasteiger partial charge in [-0.25, -0.2) is 9.78 Å². The number of nitrogens with zero attached hydrogens (tertiary/aromatic N) is 3. The fourth-order valence-corrected chi connectivity index (χ4v) is 5.74. The smallest absolute Gasteiger partial charge is 0.318 e. The van der Waals surface area contributed by atoms with Gasteiger partial charge in [0, 0.05) is 23.2 Å². The van der Waals surface area contributed by atoms with Crippen LogP contribution in [0.3, 0.4) is 0 Å². The molecule has 1 aliphatic heterocycles. The van der Waals surface area contributed by atoms with Crippen LogP contribution in [0.25, 0.3) is 0 Å². The Morgan fingerprint density at radius 2 is 2.15 bits per heavy atom. The van der Waals surface area contributed by atoms with Crippen LogP contribution >= 0.6 is 22.7 Å². The largest absolute Gasteiger partial charge is 0.496 e. The second-order valence-electron chi connectivity index (χ2n) is 7.87. The number of aromatic nitrogens is 1. The molecule has 4 rings (SSSR count). The molecule has 1 aromatic carbocycles. The molecule has 8 nitrogen and oxygen atoms in total. The summed E-state index contributed by atoms with van der Waals surface area (Å²) in [5, 5.41) is 19.0. The molecule has 3 amide bonds. The quantitative estimate of drug-likeness (QED) is 0.510. The molecule has 0 bridgehead atoms. The highest BCUT2D eigenvalue weighted by atomic mass is 32.1. The van der Waals surface area contributed by atoms with E-state index >= 15 is 0 Å². The molecule has 10 heteroatoms. The summed E-state index contributed by atoms with van der Waals surface area (Å²) in [6.45, 7) is 3.24. The molecule has 0 fully saturated rings. The number of nitriles is 1. The fraction of sp³-hybridized carbons (Fsp3) is 0.333. The number of thiophene rings is 1. The zero-order valence-corrected chi connectivity index (χ0v) is 20.6. The van der Waals surface area contributed by atoms with Gasteiger partial charge in [0.2, 0.25) is 5.91 Å². The lowest BCUT2D eigenvalue weighted by Crippen LogP contribution is -2.42. The number of urea groups is 1. The van der Waals surface area contributed by atoms with Gasteiger partial charge in [0.1, 0.15) is 16.8 Å². The Morgan fingerprint density at radius 3 is 2.88 bits per heavy atom. The molecule has 0 saturated carbocycles. The molecule has 176 valence electrons. The van der Waals surface area contributed by atoms with Crippen molar-refractivity contribution in [3.8, 4) is 11.8 Å². The average Bonchev–Trinajstić information content (AvgIpc) is 3.42. The minimum Gasteiger partial charge on any atom is -0.496 e. The third kappa shape index (κ3) is 5.38. The Morgan fingerprint density at radius 1 is 1.32 bits per heavy atom. The molecule has 3 heterocycles. The molecule has 0 saturated heterocycles. The van der Waals surface area contributed by atoms with Crippen LogP contribution in [0.4, 0.5) is 9.80 Å². The van der Waals surface area contributed by atoms with Gasteiger partial charge >= 0.3 is 6.03 Å². The summed E-state index contributed by atoms with van der Waals surface area (Å²) in [4.78, 5) is 32.3. The summed E-state index contributed by atoms with van der Waals surface area (Å²) >= 11 is 2.92. The molecular weight excluding hydrogens is 470 g/mol. The molecule has 0 atom stereocenters. The molecule has 0 radical (unpaired) electrons. The number of anilines is 1. The number of thiazole rings is 1. The first-order chi connectivity index (χ1) is 16.5. The van der Waals surface area contributed by atoms with Crippen molar-refractivity contribution < 1.29 is 14.3 Å². The first-order valence-corrected chi connectivity index (χ1v) is 12.6. The van der Waals surface area contributed by atoms with Crippen molar-refractivity contribution in [1.82, 2.24) is 15.2 Å². The van der Waals surface area contributed by atoms with Crippen molar-refractivity contribution in [1.29, 1.82) is 5.26 Å². The summed E-state index contributed by atoms with van der Waals surface area (Å²) in [6, 6.07) is 9.69. The lowest BCUT2D eigenvalue weighted by Gasteiger charge is -2.27. The predicted octanol–water partition coefficient (Wildman–Crippen LogP) is 4.23. The number of rotatable bonds is 7. The maximum atomic E-state index is 12.6. The molecule has 0 spiro atoms. The van der Waals surface area contributed by atoms with E-state index in [0.717, 1.165) is 32.5 Å². The van der Waals surface area contributed by atoms with E-state index in [-0.39, 0.29) is 18.4 Å². The highest BCUT2D eigenvalue weighted by molar-refractivity contribution is 7.16. The maximum Gasteiger partial charge on any atom is 0.318 e. The molecule has 0 aliphatic carbocycles. The number of aryl methyl sites for hydroxylation is 2. The van der Waals surface area contributed by atoms with Crippen molar-refractivity contribution in [2.24, 2.45) is 0 Å². The van der Waals surface area contributed by atoms with Crippen LogP contribution in [0.5, 0.6) is 5.75 Å². The number of carbonyl (C=O) groups excluding carboxylic acids is 2. The minimum atomic E-state index is -0.161. The highest BCUT2D eigenvalue weighted by Gasteiger charge is 2.27. The van der Waals surface area contributed by atoms with E-state index in [2.05, 4.69) is 21.7 Å². The van der Waals surface area contributed by atoms with E-state index in [0.29, 0.717) is 43.0 Å². The van der Waals surface area contributed by atoms with Crippen LogP contribution in [0, 0.1) is 18.3 Å². The van der Waals surface area contributed by atoms with E-state index < -0.39 is 0 Å². The number of hydrogen-bond donors (Lipinski definition) is 2. The molecule has 0 unspecified atom stereocenters. The number of benzene rings is 1. The second kappa shape index (κ2) is 10.7. The van der Waals surface area contributed by atoms with Gasteiger partial charge in [-0.05, 0) is 37.0 Å². The third-order valence-corrected chi connectivity index (χ3v) is 7.56. The Balaban J connectivity index is 1.37. The number of ether oxygens (including phenoxy) is 1. The summed E-state index contributed by atoms with van der Waals surface area (Å²) in [6.07, 6.45) is 1.39. The van der Waals surface area contributed by atoms with Gasteiger partial charge in [0.05, 0.1) is 36.5 Å². The summed E-state index contributed by atoms with van der Waals surface area (Å²) < 4.78 is 5.35. The number of nitrogens with one attached hydrogen (secondary N) is 2. The second-order valence-corrected chi connectivity index (χ2v) is 10.0. The highest BCUT2D eigenvalue weighted by Crippen LogP contribution is 2.36. The van der Waals surface area contributed by atoms with Crippen molar-refractivity contribution >= 4 is 39.6 Å². The lowest BCUT2D eigenvalue weighted by atomic mass is 10.0. The van der Waals surface area contributed by atoms with Gasteiger partial charge < -0.3 is 20.3 Å². The van der Waals surface area contributed by atoms with Gasteiger partial charge in [-0.1, -0.05) is 18.2 Å². The molecule has 34 heavy (non-hydrogen) atoms. The molecule has 2 aromatic heterocycles. The standard InChI is InChI=1S/C24H25N5O3S2/c1-15-27-17(14-33-15)12-26-24(31)29-10-9-18-19(11-25)23(34-21(18)13-29)28-22(30)8-7-16-5-3-4-6-20(16)32-2/h3-6,14H,7-10,12-13H2,1-2H3,(H,26,31)(H,28,30). The molecule has 3 aromatic rings. The van der Waals surface area contributed by atoms with E-state index in [1.807, 2.05) is 36.6 Å². The van der Waals surface area contributed by atoms with E-state index in [9.17, 15) is 14.9 Å². The first-order valence-electron chi connectivity index (χ1n) is 10.9. The van der Waals surface area contributed by atoms with Crippen LogP contribution in [0.15, 0.2) is 29.6 Å². The van der Waals surface area contributed by atoms with E-state index in [4.69, 9.17) is 4.74 Å². The van der Waals surface area contributed by atoms with Gasteiger partial charge in [0.15, 0.2) is 0 Å². The van der Waals surface area contributed by atoms with Gasteiger partial charge in [-0.3, -0.25) is 4.79 Å². The minimum absolute atomic E-state index is 0.158. The monoisotopic (exact) mass is 495 g/mol. The predicted molar refractivity (Wildman–Crippen MR) is 132 cm³/mol. The fourth-order valence-electron chi connectivity index (χ4n) is 3.90. The van der Waals surface area contributed by atoms with Crippen molar-refractivity contribution in [2.75, 3.05) is 19.0 Å². The zero-order chi connectivity index (χ0) is 24.1. The Hall–Kier alpha value is -3.42. The van der Waals surface area contributed by atoms with Crippen LogP contribution in [0.2, 0.25) is 0 Å². The molecule has 2 N–H and O–H groups in total. The number of hydrogen-bond acceptors (Lipinski definition) is 7. The SMILES string of the molecule is COc1ccccc1CCC(=O)Nc1sc2c(c1C#N)CCN(C(=O)NCc1csc(C)n1)C2. The zero-order valence-electron chi connectivity index (χ0n) is 19.0. The van der Waals surface area contributed by atoms with Crippen LogP contribution in [0.1, 0.15) is 38.7 Å². The number of amides is 3. The third-order valence-electron chi connectivity index (χ3n) is 5.61. The summed E-state index contributed by atoms with van der Waals surface area (Å²) in [7, 11) is 1.61. The lowest BCUT2D eigenvalue weighted by molar-refractivity contribution is -0.116. The van der Waals surface area contributed by atoms with Crippen LogP contribution in [-0.2, 0) is 30.7 Å². The Bertz CT molecular complexity index is 1240. The van der Waals surface area contributed by atoms with Crippen LogP contribution < -0.4 is 15.4 Å². The maximum absolute atomic E-state index is 12.6. The van der Waals surface area contributed by atoms with Gasteiger partial charge in [0.25, 0.3) is 0 Å². The number of methoxy groups -OCH3 is 1. The van der Waals surface area contributed by atoms with E-state index in [1.54, 1.807) is 23.3 Å². The first kappa shape index (κ1) is 23.7. The summed E-state index contributed by atoms with van der Waals surface area (Å²) in [5.41, 5.74) is 3.23. The Kier molecular flexibility index (Phi) is 7.45. The van der Waals surface area contributed by atoms with E-state index in [1.165, 1.54) is 11.3 Å². The number of carbonyl (C=O) groups is 2. The topological polar surface area (TPSA) is 107 Å². The van der Waals surface area contributed by atoms with Gasteiger partial charge in [-0.15, -0.1) is 22.7 Å².